The molecule has 0 atom stereocenters. The monoisotopic (exact) mass is 300 g/mol. The number of aliphatic hydroxyl groups excluding tert-OH is 1. The van der Waals surface area contributed by atoms with Crippen molar-refractivity contribution in [2.75, 3.05) is 11.9 Å². The van der Waals surface area contributed by atoms with Crippen molar-refractivity contribution in [1.29, 1.82) is 0 Å². The van der Waals surface area contributed by atoms with E-state index in [0.717, 1.165) is 0 Å². The normalized spacial score (nSPS) is 9.62. The van der Waals surface area contributed by atoms with Crippen LogP contribution in [0, 0.1) is 11.8 Å². The van der Waals surface area contributed by atoms with Gasteiger partial charge in [0.1, 0.15) is 6.61 Å². The summed E-state index contributed by atoms with van der Waals surface area (Å²) in [5.41, 5.74) is 1.80. The first-order chi connectivity index (χ1) is 10.2. The molecule has 4 nitrogen and oxygen atoms in total. The van der Waals surface area contributed by atoms with E-state index in [1.165, 1.54) is 0 Å². The highest BCUT2D eigenvalue weighted by atomic mass is 35.5. The number of aromatic nitrogens is 1. The number of nitrogens with zero attached hydrogens (tertiary/aromatic N) is 1. The summed E-state index contributed by atoms with van der Waals surface area (Å²) in [6.07, 6.45) is 1.82. The summed E-state index contributed by atoms with van der Waals surface area (Å²) in [5.74, 6) is 5.10. The molecule has 1 amide bonds. The van der Waals surface area contributed by atoms with Crippen molar-refractivity contribution in [2.45, 2.75) is 6.42 Å². The number of nitrogens with one attached hydrogen (secondary N) is 1. The first-order valence-electron chi connectivity index (χ1n) is 6.28. The maximum atomic E-state index is 12.0. The number of aliphatic hydroxyl groups is 1. The second-order valence-electron chi connectivity index (χ2n) is 4.20. The van der Waals surface area contributed by atoms with Crippen molar-refractivity contribution < 1.29 is 9.90 Å². The topological polar surface area (TPSA) is 62.2 Å². The van der Waals surface area contributed by atoms with Crippen LogP contribution in [0.4, 0.5) is 5.69 Å². The van der Waals surface area contributed by atoms with Gasteiger partial charge in [0.2, 0.25) is 5.91 Å². The molecule has 106 valence electrons. The van der Waals surface area contributed by atoms with E-state index in [9.17, 15) is 4.79 Å². The fourth-order valence-corrected chi connectivity index (χ4v) is 1.90. The molecule has 0 radical (unpaired) electrons. The van der Waals surface area contributed by atoms with Gasteiger partial charge in [0.25, 0.3) is 0 Å². The predicted molar refractivity (Wildman–Crippen MR) is 82.0 cm³/mol. The fourth-order valence-electron chi connectivity index (χ4n) is 1.73. The van der Waals surface area contributed by atoms with Crippen molar-refractivity contribution in [3.63, 3.8) is 0 Å². The first kappa shape index (κ1) is 15.0. The average molecular weight is 301 g/mol. The first-order valence-corrected chi connectivity index (χ1v) is 6.66. The summed E-state index contributed by atoms with van der Waals surface area (Å²) in [6, 6.07) is 10.4. The van der Waals surface area contributed by atoms with Crippen LogP contribution in [0.15, 0.2) is 42.6 Å². The third-order valence-electron chi connectivity index (χ3n) is 2.63. The average Bonchev–Trinajstić information content (AvgIpc) is 2.48. The highest BCUT2D eigenvalue weighted by molar-refractivity contribution is 6.30. The molecule has 0 aliphatic carbocycles. The number of benzene rings is 1. The number of pyridine rings is 1. The Morgan fingerprint density at radius 2 is 2.19 bits per heavy atom. The summed E-state index contributed by atoms with van der Waals surface area (Å²) in [5, 5.41) is 12.0. The molecule has 5 heteroatoms. The minimum atomic E-state index is -0.256. The Morgan fingerprint density at radius 1 is 1.33 bits per heavy atom. The van der Waals surface area contributed by atoms with Gasteiger partial charge in [0, 0.05) is 22.5 Å². The number of hydrogen-bond donors (Lipinski definition) is 2. The predicted octanol–water partition coefficient (Wildman–Crippen LogP) is 2.26. The molecule has 0 saturated heterocycles. The minimum absolute atomic E-state index is 0.177. The molecule has 1 aromatic carbocycles. The van der Waals surface area contributed by atoms with Gasteiger partial charge >= 0.3 is 0 Å². The maximum absolute atomic E-state index is 12.0. The van der Waals surface area contributed by atoms with E-state index in [1.54, 1.807) is 36.5 Å². The zero-order chi connectivity index (χ0) is 15.1. The molecule has 0 unspecified atom stereocenters. The van der Waals surface area contributed by atoms with Crippen LogP contribution >= 0.6 is 11.6 Å². The molecule has 2 N–H and O–H groups in total. The van der Waals surface area contributed by atoms with E-state index in [2.05, 4.69) is 22.1 Å². The van der Waals surface area contributed by atoms with E-state index in [0.29, 0.717) is 22.0 Å². The molecule has 2 aromatic rings. The number of anilines is 1. The van der Waals surface area contributed by atoms with Gasteiger partial charge in [0.15, 0.2) is 0 Å². The molecule has 0 aliphatic heterocycles. The number of hydrogen-bond acceptors (Lipinski definition) is 3. The lowest BCUT2D eigenvalue weighted by Crippen LogP contribution is -2.15. The lowest BCUT2D eigenvalue weighted by Gasteiger charge is -2.08. The number of carbonyl (C=O) groups excluding carboxylic acids is 1. The van der Waals surface area contributed by atoms with Crippen LogP contribution in [-0.2, 0) is 11.2 Å². The van der Waals surface area contributed by atoms with Gasteiger partial charge in [0.05, 0.1) is 12.1 Å². The SMILES string of the molecule is O=C(Cc1ccccn1)Nc1ccc(Cl)cc1C#CCO. The summed E-state index contributed by atoms with van der Waals surface area (Å²) in [7, 11) is 0. The molecule has 0 saturated carbocycles. The molecule has 0 spiro atoms. The quantitative estimate of drug-likeness (QED) is 0.855. The van der Waals surface area contributed by atoms with Crippen LogP contribution in [0.2, 0.25) is 5.02 Å². The van der Waals surface area contributed by atoms with Gasteiger partial charge in [-0.25, -0.2) is 0 Å². The molecule has 2 rings (SSSR count). The Kier molecular flexibility index (Phi) is 5.33. The minimum Gasteiger partial charge on any atom is -0.384 e. The summed E-state index contributed by atoms with van der Waals surface area (Å²) in [6.45, 7) is -0.256. The van der Waals surface area contributed by atoms with Crippen LogP contribution < -0.4 is 5.32 Å². The van der Waals surface area contributed by atoms with Crippen LogP contribution in [0.5, 0.6) is 0 Å². The Hall–Kier alpha value is -2.35. The molecule has 0 aliphatic rings. The van der Waals surface area contributed by atoms with Gasteiger partial charge in [-0.1, -0.05) is 29.5 Å². The van der Waals surface area contributed by atoms with Crippen LogP contribution in [-0.4, -0.2) is 22.6 Å². The van der Waals surface area contributed by atoms with Crippen molar-refractivity contribution >= 4 is 23.2 Å². The van der Waals surface area contributed by atoms with Crippen molar-refractivity contribution in [3.8, 4) is 11.8 Å². The Balaban J connectivity index is 2.13. The van der Waals surface area contributed by atoms with Crippen molar-refractivity contribution in [1.82, 2.24) is 4.98 Å². The standard InChI is InChI=1S/C16H13ClN2O2/c17-13-6-7-15(12(10-13)4-3-9-20)19-16(21)11-14-5-1-2-8-18-14/h1-2,5-8,10,20H,9,11H2,(H,19,21). The smallest absolute Gasteiger partial charge is 0.230 e. The summed E-state index contributed by atoms with van der Waals surface area (Å²) < 4.78 is 0. The van der Waals surface area contributed by atoms with Crippen LogP contribution in [0.25, 0.3) is 0 Å². The molecule has 1 aromatic heterocycles. The van der Waals surface area contributed by atoms with E-state index < -0.39 is 0 Å². The molecular formula is C16H13ClN2O2. The zero-order valence-electron chi connectivity index (χ0n) is 11.1. The highest BCUT2D eigenvalue weighted by Gasteiger charge is 2.08. The Bertz CT molecular complexity index is 690. The van der Waals surface area contributed by atoms with Gasteiger partial charge < -0.3 is 10.4 Å². The van der Waals surface area contributed by atoms with E-state index >= 15 is 0 Å². The second-order valence-corrected chi connectivity index (χ2v) is 4.63. The van der Waals surface area contributed by atoms with Gasteiger partial charge in [-0.3, -0.25) is 9.78 Å². The largest absolute Gasteiger partial charge is 0.384 e. The third kappa shape index (κ3) is 4.60. The van der Waals surface area contributed by atoms with E-state index in [1.807, 2.05) is 6.07 Å². The van der Waals surface area contributed by atoms with Crippen LogP contribution in [0.1, 0.15) is 11.3 Å². The third-order valence-corrected chi connectivity index (χ3v) is 2.86. The number of carbonyl (C=O) groups is 1. The summed E-state index contributed by atoms with van der Waals surface area (Å²) in [4.78, 5) is 16.1. The van der Waals surface area contributed by atoms with Gasteiger partial charge in [-0.15, -0.1) is 0 Å². The molecule has 21 heavy (non-hydrogen) atoms. The van der Waals surface area contributed by atoms with Crippen molar-refractivity contribution in [2.24, 2.45) is 0 Å². The maximum Gasteiger partial charge on any atom is 0.230 e. The Morgan fingerprint density at radius 3 is 2.90 bits per heavy atom. The molecule has 1 heterocycles. The Labute approximate surface area is 127 Å². The van der Waals surface area contributed by atoms with Gasteiger partial charge in [-0.05, 0) is 30.3 Å². The highest BCUT2D eigenvalue weighted by Crippen LogP contribution is 2.20. The van der Waals surface area contributed by atoms with Gasteiger partial charge in [-0.2, -0.15) is 0 Å². The number of halogens is 1. The summed E-state index contributed by atoms with van der Waals surface area (Å²) >= 11 is 5.91. The zero-order valence-corrected chi connectivity index (χ0v) is 11.9. The van der Waals surface area contributed by atoms with E-state index in [4.69, 9.17) is 16.7 Å². The number of rotatable bonds is 3. The fraction of sp³-hybridized carbons (Fsp3) is 0.125. The van der Waals surface area contributed by atoms with E-state index in [-0.39, 0.29) is 18.9 Å². The molecular weight excluding hydrogens is 288 g/mol. The lowest BCUT2D eigenvalue weighted by molar-refractivity contribution is -0.115. The van der Waals surface area contributed by atoms with Crippen molar-refractivity contribution in [3.05, 3.63) is 58.9 Å². The molecule has 0 fully saturated rings. The molecule has 0 bridgehead atoms. The van der Waals surface area contributed by atoms with Crippen LogP contribution in [0.3, 0.4) is 0 Å². The lowest BCUT2D eigenvalue weighted by atomic mass is 10.1. The second kappa shape index (κ2) is 7.44. The number of amides is 1.